The van der Waals surface area contributed by atoms with Gasteiger partial charge in [0.2, 0.25) is 0 Å². The number of benzene rings is 2. The lowest BCUT2D eigenvalue weighted by Crippen LogP contribution is -1.99. The van der Waals surface area contributed by atoms with E-state index in [0.29, 0.717) is 12.3 Å². The summed E-state index contributed by atoms with van der Waals surface area (Å²) in [6, 6.07) is 11.5. The predicted molar refractivity (Wildman–Crippen MR) is 113 cm³/mol. The Hall–Kier alpha value is -2.56. The molecule has 0 saturated carbocycles. The van der Waals surface area contributed by atoms with E-state index < -0.39 is 0 Å². The van der Waals surface area contributed by atoms with Crippen molar-refractivity contribution in [3.8, 4) is 17.2 Å². The molecular weight excluding hydrogens is 350 g/mol. The lowest BCUT2D eigenvalue weighted by molar-refractivity contribution is 0.310. The topological polar surface area (TPSA) is 60.2 Å². The van der Waals surface area contributed by atoms with Gasteiger partial charge < -0.3 is 9.84 Å². The van der Waals surface area contributed by atoms with Crippen molar-refractivity contribution in [2.45, 2.75) is 65.2 Å². The van der Waals surface area contributed by atoms with E-state index in [2.05, 4.69) is 30.1 Å². The Bertz CT molecular complexity index is 889. The smallest absolute Gasteiger partial charge is 0.143 e. The van der Waals surface area contributed by atoms with Crippen molar-refractivity contribution in [1.29, 1.82) is 0 Å². The fraction of sp³-hybridized carbons (Fsp3) is 0.478. The first kappa shape index (κ1) is 20.2. The van der Waals surface area contributed by atoms with Crippen LogP contribution in [0.4, 0.5) is 0 Å². The maximum Gasteiger partial charge on any atom is 0.143 e. The lowest BCUT2D eigenvalue weighted by Gasteiger charge is -2.06. The maximum absolute atomic E-state index is 10.5. The number of aromatic nitrogens is 3. The molecule has 150 valence electrons. The minimum absolute atomic E-state index is 0.214. The lowest BCUT2D eigenvalue weighted by atomic mass is 10.0. The number of hydrogen-bond acceptors (Lipinski definition) is 4. The van der Waals surface area contributed by atoms with Gasteiger partial charge in [0.05, 0.1) is 6.61 Å². The Balaban J connectivity index is 1.69. The number of phenolic OH excluding ortho intramolecular Hbond substituents is 1. The van der Waals surface area contributed by atoms with Crippen LogP contribution in [0.25, 0.3) is 16.7 Å². The van der Waals surface area contributed by atoms with E-state index in [9.17, 15) is 5.11 Å². The minimum atomic E-state index is 0.214. The zero-order chi connectivity index (χ0) is 19.8. The Morgan fingerprint density at radius 3 is 2.43 bits per heavy atom. The van der Waals surface area contributed by atoms with Crippen molar-refractivity contribution >= 4 is 11.0 Å². The summed E-state index contributed by atoms with van der Waals surface area (Å²) in [7, 11) is 0. The van der Waals surface area contributed by atoms with Crippen LogP contribution in [0, 0.1) is 0 Å². The van der Waals surface area contributed by atoms with Gasteiger partial charge in [-0.15, -0.1) is 15.0 Å². The van der Waals surface area contributed by atoms with Gasteiger partial charge in [-0.25, -0.2) is 0 Å². The Labute approximate surface area is 167 Å². The highest BCUT2D eigenvalue weighted by Crippen LogP contribution is 2.25. The number of unbranched alkanes of at least 4 members (excludes halogenated alkanes) is 5. The molecule has 0 saturated heterocycles. The average Bonchev–Trinajstić information content (AvgIpc) is 3.11. The number of nitrogens with zero attached hydrogens (tertiary/aromatic N) is 3. The molecule has 0 spiro atoms. The minimum Gasteiger partial charge on any atom is -0.506 e. The fourth-order valence-electron chi connectivity index (χ4n) is 3.25. The van der Waals surface area contributed by atoms with Crippen LogP contribution in [0.15, 0.2) is 36.4 Å². The molecule has 3 aromatic rings. The van der Waals surface area contributed by atoms with Gasteiger partial charge in [0.25, 0.3) is 0 Å². The van der Waals surface area contributed by atoms with Gasteiger partial charge >= 0.3 is 0 Å². The van der Waals surface area contributed by atoms with E-state index in [1.54, 1.807) is 0 Å². The van der Waals surface area contributed by atoms with Crippen molar-refractivity contribution in [2.24, 2.45) is 0 Å². The molecule has 1 aromatic heterocycles. The van der Waals surface area contributed by atoms with Crippen LogP contribution in [-0.2, 0) is 6.42 Å². The largest absolute Gasteiger partial charge is 0.506 e. The molecule has 0 aliphatic carbocycles. The van der Waals surface area contributed by atoms with E-state index in [0.717, 1.165) is 48.0 Å². The Kier molecular flexibility index (Phi) is 7.29. The van der Waals surface area contributed by atoms with Crippen LogP contribution >= 0.6 is 0 Å². The number of rotatable bonds is 11. The second-order valence-electron chi connectivity index (χ2n) is 7.33. The molecule has 28 heavy (non-hydrogen) atoms. The highest BCUT2D eigenvalue weighted by molar-refractivity contribution is 5.75. The van der Waals surface area contributed by atoms with E-state index in [1.807, 2.05) is 30.3 Å². The molecule has 0 aliphatic heterocycles. The third-order valence-electron chi connectivity index (χ3n) is 4.94. The number of phenols is 1. The van der Waals surface area contributed by atoms with Gasteiger partial charge in [0.15, 0.2) is 0 Å². The molecule has 0 unspecified atom stereocenters. The monoisotopic (exact) mass is 381 g/mol. The van der Waals surface area contributed by atoms with Crippen LogP contribution in [0.2, 0.25) is 0 Å². The van der Waals surface area contributed by atoms with Crippen LogP contribution in [0.5, 0.6) is 11.5 Å². The number of ether oxygens (including phenoxy) is 1. The van der Waals surface area contributed by atoms with Crippen molar-refractivity contribution in [2.75, 3.05) is 6.61 Å². The average molecular weight is 382 g/mol. The molecular formula is C23H31N3O2. The van der Waals surface area contributed by atoms with Gasteiger partial charge in [0, 0.05) is 6.07 Å². The molecule has 0 bridgehead atoms. The van der Waals surface area contributed by atoms with Gasteiger partial charge in [-0.3, -0.25) is 0 Å². The molecule has 0 radical (unpaired) electrons. The first-order valence-corrected chi connectivity index (χ1v) is 10.5. The van der Waals surface area contributed by atoms with Crippen LogP contribution in [0.1, 0.15) is 64.4 Å². The first-order valence-electron chi connectivity index (χ1n) is 10.5. The fourth-order valence-corrected chi connectivity index (χ4v) is 3.25. The third-order valence-corrected chi connectivity index (χ3v) is 4.94. The molecule has 0 atom stereocenters. The van der Waals surface area contributed by atoms with Crippen LogP contribution in [0.3, 0.4) is 0 Å². The van der Waals surface area contributed by atoms with Crippen LogP contribution in [-0.4, -0.2) is 26.7 Å². The third kappa shape index (κ3) is 5.24. The number of aryl methyl sites for hydroxylation is 1. The van der Waals surface area contributed by atoms with Gasteiger partial charge in [-0.1, -0.05) is 52.0 Å². The summed E-state index contributed by atoms with van der Waals surface area (Å²) in [6.45, 7) is 5.07. The van der Waals surface area contributed by atoms with Gasteiger partial charge in [-0.2, -0.15) is 0 Å². The predicted octanol–water partition coefficient (Wildman–Crippen LogP) is 5.82. The number of fused-ring (bicyclic) bond motifs is 1. The molecule has 1 N–H and O–H groups in total. The molecule has 1 heterocycles. The number of hydrogen-bond donors (Lipinski definition) is 1. The Morgan fingerprint density at radius 1 is 0.857 bits per heavy atom. The quantitative estimate of drug-likeness (QED) is 0.425. The second-order valence-corrected chi connectivity index (χ2v) is 7.33. The van der Waals surface area contributed by atoms with E-state index in [1.165, 1.54) is 30.5 Å². The maximum atomic E-state index is 10.5. The normalized spacial score (nSPS) is 11.2. The first-order chi connectivity index (χ1) is 13.7. The number of aromatic hydroxyl groups is 1. The summed E-state index contributed by atoms with van der Waals surface area (Å²) in [5.41, 5.74) is 3.29. The van der Waals surface area contributed by atoms with Crippen LogP contribution < -0.4 is 4.74 Å². The zero-order valence-electron chi connectivity index (χ0n) is 17.0. The van der Waals surface area contributed by atoms with Crippen molar-refractivity contribution < 1.29 is 9.84 Å². The molecule has 5 heteroatoms. The summed E-state index contributed by atoms with van der Waals surface area (Å²) in [5.74, 6) is 1.02. The molecule has 5 nitrogen and oxygen atoms in total. The van der Waals surface area contributed by atoms with E-state index in [4.69, 9.17) is 4.74 Å². The summed E-state index contributed by atoms with van der Waals surface area (Å²) in [4.78, 5) is 1.50. The Morgan fingerprint density at radius 2 is 1.64 bits per heavy atom. The van der Waals surface area contributed by atoms with Crippen molar-refractivity contribution in [3.05, 3.63) is 42.0 Å². The standard InChI is InChI=1S/C23H31N3O2/c1-3-5-7-8-9-10-18-11-14-22(23(27)16-18)26-24-20-13-12-19(17-21(20)25-26)28-15-6-4-2/h11-14,16-17,27H,3-10,15H2,1-2H3. The second kappa shape index (κ2) is 10.1. The van der Waals surface area contributed by atoms with E-state index >= 15 is 0 Å². The SMILES string of the molecule is CCCCCCCc1ccc(-n2nc3ccc(OCCCC)cc3n2)c(O)c1. The van der Waals surface area contributed by atoms with Crippen molar-refractivity contribution in [1.82, 2.24) is 15.0 Å². The van der Waals surface area contributed by atoms with E-state index in [-0.39, 0.29) is 5.75 Å². The van der Waals surface area contributed by atoms with Gasteiger partial charge in [-0.05, 0) is 49.1 Å². The highest BCUT2D eigenvalue weighted by atomic mass is 16.5. The molecule has 0 amide bonds. The van der Waals surface area contributed by atoms with Crippen molar-refractivity contribution in [3.63, 3.8) is 0 Å². The molecule has 2 aromatic carbocycles. The molecule has 0 aliphatic rings. The molecule has 0 fully saturated rings. The summed E-state index contributed by atoms with van der Waals surface area (Å²) in [6.07, 6.45) is 9.37. The highest BCUT2D eigenvalue weighted by Gasteiger charge is 2.10. The van der Waals surface area contributed by atoms with Gasteiger partial charge in [0.1, 0.15) is 28.2 Å². The summed E-state index contributed by atoms with van der Waals surface area (Å²) >= 11 is 0. The summed E-state index contributed by atoms with van der Waals surface area (Å²) in [5, 5.41) is 19.5. The zero-order valence-corrected chi connectivity index (χ0v) is 17.0. The summed E-state index contributed by atoms with van der Waals surface area (Å²) < 4.78 is 5.74. The molecule has 3 rings (SSSR count).